The standard InChI is InChI=1S/C17H21BrN2S/c1-4-15(18)8-6-5-7-14-11-17(14,3)9-10-19-16-20-12-13(2)21-16/h4-6,8-10,12,14H,1,7,11H2,2-3H3,(H,19,20)/b6-5-,10-9-,15-8+/t14?,17-/m0/s1. The van der Waals surface area contributed by atoms with Crippen molar-refractivity contribution < 1.29 is 0 Å². The van der Waals surface area contributed by atoms with Crippen LogP contribution in [0.4, 0.5) is 5.13 Å². The van der Waals surface area contributed by atoms with Crippen molar-refractivity contribution in [3.8, 4) is 0 Å². The number of aryl methyl sites for hydroxylation is 1. The number of nitrogens with zero attached hydrogens (tertiary/aromatic N) is 1. The Kier molecular flexibility index (Phi) is 5.59. The molecule has 0 aromatic carbocycles. The first-order valence-electron chi connectivity index (χ1n) is 7.05. The average molecular weight is 365 g/mol. The number of rotatable bonds is 7. The maximum Gasteiger partial charge on any atom is 0.186 e. The molecule has 2 rings (SSSR count). The molecule has 1 fully saturated rings. The second-order valence-corrected chi connectivity index (χ2v) is 7.73. The van der Waals surface area contributed by atoms with E-state index in [1.807, 2.05) is 18.5 Å². The highest BCUT2D eigenvalue weighted by molar-refractivity contribution is 9.11. The molecule has 0 saturated heterocycles. The molecule has 1 unspecified atom stereocenters. The zero-order chi connectivity index (χ0) is 15.3. The lowest BCUT2D eigenvalue weighted by atomic mass is 10.0. The van der Waals surface area contributed by atoms with Crippen LogP contribution in [-0.2, 0) is 0 Å². The van der Waals surface area contributed by atoms with Crippen LogP contribution < -0.4 is 5.32 Å². The van der Waals surface area contributed by atoms with Gasteiger partial charge in [-0.25, -0.2) is 4.98 Å². The van der Waals surface area contributed by atoms with E-state index in [4.69, 9.17) is 0 Å². The summed E-state index contributed by atoms with van der Waals surface area (Å²) in [6.45, 7) is 8.08. The molecule has 1 N–H and O–H groups in total. The molecular weight excluding hydrogens is 344 g/mol. The van der Waals surface area contributed by atoms with Crippen LogP contribution in [0.2, 0.25) is 0 Å². The van der Waals surface area contributed by atoms with Gasteiger partial charge in [-0.15, -0.1) is 11.3 Å². The Morgan fingerprint density at radius 2 is 2.48 bits per heavy atom. The molecule has 1 saturated carbocycles. The summed E-state index contributed by atoms with van der Waals surface area (Å²) < 4.78 is 1.01. The predicted molar refractivity (Wildman–Crippen MR) is 96.8 cm³/mol. The summed E-state index contributed by atoms with van der Waals surface area (Å²) in [5, 5.41) is 4.22. The number of hydrogen-bond acceptors (Lipinski definition) is 3. The first-order chi connectivity index (χ1) is 10.0. The molecule has 0 amide bonds. The van der Waals surface area contributed by atoms with Gasteiger partial charge < -0.3 is 5.32 Å². The van der Waals surface area contributed by atoms with Crippen molar-refractivity contribution >= 4 is 32.4 Å². The van der Waals surface area contributed by atoms with Gasteiger partial charge in [0.2, 0.25) is 0 Å². The zero-order valence-electron chi connectivity index (χ0n) is 12.5. The highest BCUT2D eigenvalue weighted by atomic mass is 79.9. The van der Waals surface area contributed by atoms with Gasteiger partial charge in [0.25, 0.3) is 0 Å². The van der Waals surface area contributed by atoms with Crippen molar-refractivity contribution in [1.82, 2.24) is 4.98 Å². The van der Waals surface area contributed by atoms with Crippen molar-refractivity contribution in [1.29, 1.82) is 0 Å². The third-order valence-electron chi connectivity index (χ3n) is 3.76. The summed E-state index contributed by atoms with van der Waals surface area (Å²) >= 11 is 5.09. The van der Waals surface area contributed by atoms with E-state index >= 15 is 0 Å². The van der Waals surface area contributed by atoms with Gasteiger partial charge in [0, 0.05) is 15.6 Å². The fraction of sp³-hybridized carbons (Fsp3) is 0.353. The van der Waals surface area contributed by atoms with Crippen LogP contribution >= 0.6 is 27.3 Å². The Morgan fingerprint density at radius 3 is 3.14 bits per heavy atom. The first-order valence-corrected chi connectivity index (χ1v) is 8.66. The minimum absolute atomic E-state index is 0.322. The lowest BCUT2D eigenvalue weighted by molar-refractivity contribution is 0.631. The molecule has 0 radical (unpaired) electrons. The fourth-order valence-electron chi connectivity index (χ4n) is 2.22. The molecule has 1 aliphatic carbocycles. The number of allylic oxidation sites excluding steroid dienone is 6. The third kappa shape index (κ3) is 4.97. The number of hydrogen-bond donors (Lipinski definition) is 1. The zero-order valence-corrected chi connectivity index (χ0v) is 14.9. The highest BCUT2D eigenvalue weighted by Crippen LogP contribution is 2.55. The van der Waals surface area contributed by atoms with E-state index in [1.54, 1.807) is 17.4 Å². The van der Waals surface area contributed by atoms with E-state index < -0.39 is 0 Å². The molecule has 1 aromatic rings. The molecule has 2 nitrogen and oxygen atoms in total. The van der Waals surface area contributed by atoms with Crippen LogP contribution in [0.5, 0.6) is 0 Å². The first kappa shape index (κ1) is 16.2. The molecule has 1 aliphatic rings. The Balaban J connectivity index is 1.76. The minimum atomic E-state index is 0.322. The van der Waals surface area contributed by atoms with Crippen LogP contribution in [-0.4, -0.2) is 4.98 Å². The van der Waals surface area contributed by atoms with Gasteiger partial charge in [0.05, 0.1) is 0 Å². The molecule has 0 aliphatic heterocycles. The maximum atomic E-state index is 4.29. The molecule has 1 aromatic heterocycles. The van der Waals surface area contributed by atoms with Crippen LogP contribution in [0.3, 0.4) is 0 Å². The maximum absolute atomic E-state index is 4.29. The molecule has 0 spiro atoms. The van der Waals surface area contributed by atoms with Crippen molar-refractivity contribution in [2.45, 2.75) is 26.7 Å². The quantitative estimate of drug-likeness (QED) is 0.617. The van der Waals surface area contributed by atoms with Crippen molar-refractivity contribution in [2.75, 3.05) is 5.32 Å². The minimum Gasteiger partial charge on any atom is -0.338 e. The third-order valence-corrected chi connectivity index (χ3v) is 5.19. The van der Waals surface area contributed by atoms with Gasteiger partial charge in [-0.05, 0) is 43.4 Å². The van der Waals surface area contributed by atoms with Gasteiger partial charge in [-0.3, -0.25) is 0 Å². The Labute approximate surface area is 139 Å². The van der Waals surface area contributed by atoms with E-state index in [-0.39, 0.29) is 0 Å². The Hall–Kier alpha value is -1.13. The van der Waals surface area contributed by atoms with E-state index in [9.17, 15) is 0 Å². The predicted octanol–water partition coefficient (Wildman–Crippen LogP) is 5.81. The van der Waals surface area contributed by atoms with Crippen LogP contribution in [0.25, 0.3) is 0 Å². The number of nitrogens with one attached hydrogen (secondary N) is 1. The van der Waals surface area contributed by atoms with Crippen molar-refractivity contribution in [3.63, 3.8) is 0 Å². The summed E-state index contributed by atoms with van der Waals surface area (Å²) in [7, 11) is 0. The van der Waals surface area contributed by atoms with Gasteiger partial charge in [0.1, 0.15) is 0 Å². The van der Waals surface area contributed by atoms with Crippen molar-refractivity contribution in [2.24, 2.45) is 11.3 Å². The average Bonchev–Trinajstić information content (AvgIpc) is 2.90. The monoisotopic (exact) mass is 364 g/mol. The smallest absolute Gasteiger partial charge is 0.186 e. The number of aromatic nitrogens is 1. The SMILES string of the molecule is C=C/C(Br)=C\C=C/CC1C[C@]1(C)/C=C\Nc1ncc(C)s1. The van der Waals surface area contributed by atoms with Crippen LogP contribution in [0.1, 0.15) is 24.6 Å². The summed E-state index contributed by atoms with van der Waals surface area (Å²) in [6, 6.07) is 0. The van der Waals surface area contributed by atoms with Crippen LogP contribution in [0.15, 0.2) is 53.8 Å². The van der Waals surface area contributed by atoms with Gasteiger partial charge in [-0.1, -0.05) is 53.7 Å². The Morgan fingerprint density at radius 1 is 1.67 bits per heavy atom. The van der Waals surface area contributed by atoms with Gasteiger partial charge in [-0.2, -0.15) is 0 Å². The lowest BCUT2D eigenvalue weighted by Gasteiger charge is -2.03. The number of anilines is 1. The summed E-state index contributed by atoms with van der Waals surface area (Å²) in [4.78, 5) is 5.51. The molecule has 2 atom stereocenters. The summed E-state index contributed by atoms with van der Waals surface area (Å²) in [5.41, 5.74) is 0.322. The van der Waals surface area contributed by atoms with Gasteiger partial charge >= 0.3 is 0 Å². The molecule has 21 heavy (non-hydrogen) atoms. The van der Waals surface area contributed by atoms with Crippen molar-refractivity contribution in [3.05, 3.63) is 58.7 Å². The highest BCUT2D eigenvalue weighted by Gasteiger charge is 2.46. The second kappa shape index (κ2) is 7.23. The topological polar surface area (TPSA) is 24.9 Å². The molecule has 4 heteroatoms. The largest absolute Gasteiger partial charge is 0.338 e. The number of halogens is 1. The normalized spacial score (nSPS) is 25.7. The van der Waals surface area contributed by atoms with E-state index in [0.29, 0.717) is 5.41 Å². The van der Waals surface area contributed by atoms with E-state index in [0.717, 1.165) is 22.0 Å². The van der Waals surface area contributed by atoms with Gasteiger partial charge in [0.15, 0.2) is 5.13 Å². The van der Waals surface area contributed by atoms with Crippen LogP contribution in [0, 0.1) is 18.3 Å². The summed E-state index contributed by atoms with van der Waals surface area (Å²) in [5.74, 6) is 0.737. The van der Waals surface area contributed by atoms with E-state index in [2.05, 4.69) is 64.9 Å². The Bertz CT molecular complexity index is 585. The second-order valence-electron chi connectivity index (χ2n) is 5.58. The number of thiazole rings is 1. The molecule has 112 valence electrons. The molecule has 1 heterocycles. The lowest BCUT2D eigenvalue weighted by Crippen LogP contribution is -1.94. The molecular formula is C17H21BrN2S. The molecule has 0 bridgehead atoms. The van der Waals surface area contributed by atoms with E-state index in [1.165, 1.54) is 11.3 Å². The summed E-state index contributed by atoms with van der Waals surface area (Å²) in [6.07, 6.45) is 16.7. The fourth-order valence-corrected chi connectivity index (χ4v) is 3.02.